The van der Waals surface area contributed by atoms with Crippen LogP contribution in [0.5, 0.6) is 0 Å². The van der Waals surface area contributed by atoms with Gasteiger partial charge in [0.1, 0.15) is 0 Å². The van der Waals surface area contributed by atoms with E-state index in [1.165, 1.54) is 18.2 Å². The van der Waals surface area contributed by atoms with Crippen LogP contribution < -0.4 is 10.6 Å². The minimum Gasteiger partial charge on any atom is -0.383 e. The number of hydrogen-bond acceptors (Lipinski definition) is 5. The van der Waals surface area contributed by atoms with Gasteiger partial charge in [0.2, 0.25) is 0 Å². The van der Waals surface area contributed by atoms with Crippen molar-refractivity contribution in [2.24, 2.45) is 0 Å². The molecular weight excluding hydrogens is 330 g/mol. The molecule has 20 heavy (non-hydrogen) atoms. The fourth-order valence-corrected chi connectivity index (χ4v) is 1.89. The molecule has 0 fully saturated rings. The summed E-state index contributed by atoms with van der Waals surface area (Å²) in [6, 6.07) is 4.08. The second-order valence-electron chi connectivity index (χ2n) is 3.92. The van der Waals surface area contributed by atoms with Crippen LogP contribution >= 0.6 is 15.9 Å². The quantitative estimate of drug-likeness (QED) is 0.421. The number of carbonyl (C=O) groups excluding carboxylic acids is 1. The number of methoxy groups -OCH3 is 1. The van der Waals surface area contributed by atoms with Crippen LogP contribution in [0.2, 0.25) is 0 Å². The molecule has 0 heterocycles. The third-order valence-corrected chi connectivity index (χ3v) is 3.17. The average Bonchev–Trinajstić information content (AvgIpc) is 2.42. The lowest BCUT2D eigenvalue weighted by Crippen LogP contribution is -2.33. The molecule has 0 aliphatic heterocycles. The number of carbonyl (C=O) groups is 1. The van der Waals surface area contributed by atoms with Gasteiger partial charge < -0.3 is 15.4 Å². The molecule has 1 aromatic carbocycles. The summed E-state index contributed by atoms with van der Waals surface area (Å²) in [7, 11) is 1.61. The Hall–Kier alpha value is -1.51. The van der Waals surface area contributed by atoms with Crippen LogP contribution in [-0.4, -0.2) is 44.2 Å². The molecule has 1 amide bonds. The lowest BCUT2D eigenvalue weighted by atomic mass is 10.2. The van der Waals surface area contributed by atoms with E-state index in [1.54, 1.807) is 7.11 Å². The normalized spacial score (nSPS) is 10.3. The topological polar surface area (TPSA) is 93.5 Å². The summed E-state index contributed by atoms with van der Waals surface area (Å²) in [4.78, 5) is 22.1. The van der Waals surface area contributed by atoms with Crippen molar-refractivity contribution in [3.05, 3.63) is 38.3 Å². The molecule has 7 nitrogen and oxygen atoms in total. The number of nitrogens with zero attached hydrogens (tertiary/aromatic N) is 1. The first-order valence-electron chi connectivity index (χ1n) is 5.98. The Labute approximate surface area is 125 Å². The maximum absolute atomic E-state index is 11.9. The highest BCUT2D eigenvalue weighted by Crippen LogP contribution is 2.22. The zero-order chi connectivity index (χ0) is 15.0. The van der Waals surface area contributed by atoms with Gasteiger partial charge in [-0.1, -0.05) is 0 Å². The Balaban J connectivity index is 2.50. The summed E-state index contributed by atoms with van der Waals surface area (Å²) < 4.78 is 5.39. The Morgan fingerprint density at radius 3 is 2.80 bits per heavy atom. The van der Waals surface area contributed by atoms with E-state index in [0.29, 0.717) is 30.7 Å². The molecule has 0 atom stereocenters. The maximum Gasteiger partial charge on any atom is 0.270 e. The van der Waals surface area contributed by atoms with E-state index in [9.17, 15) is 14.9 Å². The Morgan fingerprint density at radius 1 is 1.40 bits per heavy atom. The summed E-state index contributed by atoms with van der Waals surface area (Å²) in [5.74, 6) is -0.353. The van der Waals surface area contributed by atoms with Crippen molar-refractivity contribution in [2.75, 3.05) is 33.4 Å². The van der Waals surface area contributed by atoms with Gasteiger partial charge in [-0.05, 0) is 22.0 Å². The first-order valence-corrected chi connectivity index (χ1v) is 6.77. The number of nitrogens with one attached hydrogen (secondary N) is 2. The molecular formula is C12H16BrN3O4. The fraction of sp³-hybridized carbons (Fsp3) is 0.417. The number of ether oxygens (including phenoxy) is 1. The summed E-state index contributed by atoms with van der Waals surface area (Å²) >= 11 is 3.21. The van der Waals surface area contributed by atoms with Crippen LogP contribution in [0.3, 0.4) is 0 Å². The van der Waals surface area contributed by atoms with Crippen LogP contribution in [0, 0.1) is 10.1 Å². The van der Waals surface area contributed by atoms with Gasteiger partial charge in [-0.25, -0.2) is 0 Å². The number of rotatable bonds is 8. The molecule has 0 aliphatic carbocycles. The molecule has 0 saturated heterocycles. The van der Waals surface area contributed by atoms with Crippen molar-refractivity contribution < 1.29 is 14.5 Å². The van der Waals surface area contributed by atoms with Gasteiger partial charge in [0.25, 0.3) is 11.6 Å². The third-order valence-electron chi connectivity index (χ3n) is 2.48. The number of non-ortho nitro benzene ring substituents is 1. The SMILES string of the molecule is COCCNCCNC(=O)c1cc([N+](=O)[O-])ccc1Br. The Bertz CT molecular complexity index is 482. The average molecular weight is 346 g/mol. The summed E-state index contributed by atoms with van der Waals surface area (Å²) in [5.41, 5.74) is 0.132. The van der Waals surface area contributed by atoms with E-state index in [-0.39, 0.29) is 17.2 Å². The summed E-state index contributed by atoms with van der Waals surface area (Å²) in [5, 5.41) is 16.5. The number of amides is 1. The number of benzene rings is 1. The van der Waals surface area contributed by atoms with Crippen LogP contribution in [0.25, 0.3) is 0 Å². The number of nitro benzene ring substituents is 1. The molecule has 1 aromatic rings. The molecule has 0 aliphatic rings. The van der Waals surface area contributed by atoms with Crippen molar-refractivity contribution in [3.8, 4) is 0 Å². The van der Waals surface area contributed by atoms with Gasteiger partial charge in [-0.15, -0.1) is 0 Å². The van der Waals surface area contributed by atoms with Crippen LogP contribution in [0.15, 0.2) is 22.7 Å². The zero-order valence-corrected chi connectivity index (χ0v) is 12.6. The van der Waals surface area contributed by atoms with Crippen molar-refractivity contribution in [1.29, 1.82) is 0 Å². The first kappa shape index (κ1) is 16.5. The summed E-state index contributed by atoms with van der Waals surface area (Å²) in [6.45, 7) is 2.33. The highest BCUT2D eigenvalue weighted by Gasteiger charge is 2.14. The van der Waals surface area contributed by atoms with E-state index in [2.05, 4.69) is 26.6 Å². The van der Waals surface area contributed by atoms with Crippen molar-refractivity contribution in [1.82, 2.24) is 10.6 Å². The van der Waals surface area contributed by atoms with Crippen molar-refractivity contribution >= 4 is 27.5 Å². The van der Waals surface area contributed by atoms with E-state index >= 15 is 0 Å². The molecule has 1 rings (SSSR count). The van der Waals surface area contributed by atoms with Crippen LogP contribution in [0.4, 0.5) is 5.69 Å². The second kappa shape index (κ2) is 8.62. The van der Waals surface area contributed by atoms with Crippen LogP contribution in [-0.2, 0) is 4.74 Å². The largest absolute Gasteiger partial charge is 0.383 e. The molecule has 110 valence electrons. The van der Waals surface area contributed by atoms with Gasteiger partial charge in [0, 0.05) is 43.3 Å². The van der Waals surface area contributed by atoms with E-state index < -0.39 is 4.92 Å². The highest BCUT2D eigenvalue weighted by atomic mass is 79.9. The molecule has 0 aromatic heterocycles. The molecule has 0 unspecified atom stereocenters. The van der Waals surface area contributed by atoms with E-state index in [4.69, 9.17) is 4.74 Å². The number of hydrogen-bond donors (Lipinski definition) is 2. The predicted octanol–water partition coefficient (Wildman–Crippen LogP) is 1.32. The van der Waals surface area contributed by atoms with Crippen LogP contribution in [0.1, 0.15) is 10.4 Å². The van der Waals surface area contributed by atoms with E-state index in [1.807, 2.05) is 0 Å². The zero-order valence-electron chi connectivity index (χ0n) is 11.0. The Kier molecular flexibility index (Phi) is 7.13. The number of halogens is 1. The monoisotopic (exact) mass is 345 g/mol. The predicted molar refractivity (Wildman–Crippen MR) is 77.9 cm³/mol. The van der Waals surface area contributed by atoms with Gasteiger partial charge in [0.15, 0.2) is 0 Å². The molecule has 8 heteroatoms. The number of nitro groups is 1. The Morgan fingerprint density at radius 2 is 2.15 bits per heavy atom. The van der Waals surface area contributed by atoms with Crippen molar-refractivity contribution in [2.45, 2.75) is 0 Å². The minimum atomic E-state index is -0.532. The molecule has 0 bridgehead atoms. The smallest absolute Gasteiger partial charge is 0.270 e. The lowest BCUT2D eigenvalue weighted by Gasteiger charge is -2.07. The third kappa shape index (κ3) is 5.24. The van der Waals surface area contributed by atoms with Gasteiger partial charge >= 0.3 is 0 Å². The first-order chi connectivity index (χ1) is 9.56. The minimum absolute atomic E-state index is 0.114. The maximum atomic E-state index is 11.9. The second-order valence-corrected chi connectivity index (χ2v) is 4.77. The standard InChI is InChI=1S/C12H16BrN3O4/c1-20-7-6-14-4-5-15-12(17)10-8-9(16(18)19)2-3-11(10)13/h2-3,8,14H,4-7H2,1H3,(H,15,17). The molecule has 0 radical (unpaired) electrons. The van der Waals surface area contributed by atoms with Gasteiger partial charge in [-0.3, -0.25) is 14.9 Å². The van der Waals surface area contributed by atoms with Gasteiger partial charge in [0.05, 0.1) is 17.1 Å². The van der Waals surface area contributed by atoms with E-state index in [0.717, 1.165) is 0 Å². The lowest BCUT2D eigenvalue weighted by molar-refractivity contribution is -0.384. The van der Waals surface area contributed by atoms with Gasteiger partial charge in [-0.2, -0.15) is 0 Å². The molecule has 0 spiro atoms. The highest BCUT2D eigenvalue weighted by molar-refractivity contribution is 9.10. The molecule has 0 saturated carbocycles. The fourth-order valence-electron chi connectivity index (χ4n) is 1.46. The summed E-state index contributed by atoms with van der Waals surface area (Å²) in [6.07, 6.45) is 0. The van der Waals surface area contributed by atoms with Crippen molar-refractivity contribution in [3.63, 3.8) is 0 Å². The molecule has 2 N–H and O–H groups in total.